The largest absolute Gasteiger partial charge is 0.380 e. The van der Waals surface area contributed by atoms with E-state index >= 15 is 0 Å². The fraction of sp³-hybridized carbons (Fsp3) is 0.833. The Kier molecular flexibility index (Phi) is 4.19. The summed E-state index contributed by atoms with van der Waals surface area (Å²) in [5.41, 5.74) is 0. The van der Waals surface area contributed by atoms with Crippen molar-refractivity contribution in [2.24, 2.45) is 0 Å². The molecule has 2 saturated heterocycles. The van der Waals surface area contributed by atoms with Gasteiger partial charge in [0.15, 0.2) is 12.2 Å². The van der Waals surface area contributed by atoms with Crippen LogP contribution in [0.4, 0.5) is 0 Å². The van der Waals surface area contributed by atoms with Gasteiger partial charge in [0.05, 0.1) is 0 Å². The molecule has 2 atom stereocenters. The molecule has 0 unspecified atom stereocenters. The van der Waals surface area contributed by atoms with E-state index in [2.05, 4.69) is 0 Å². The zero-order valence-corrected chi connectivity index (χ0v) is 10.4. The van der Waals surface area contributed by atoms with Crippen LogP contribution < -0.4 is 0 Å². The molecule has 0 aromatic carbocycles. The predicted molar refractivity (Wildman–Crippen MR) is 63.6 cm³/mol. The van der Waals surface area contributed by atoms with E-state index < -0.39 is 24.0 Å². The number of carbonyl (C=O) groups excluding carboxylic acids is 2. The third-order valence-electron chi connectivity index (χ3n) is 3.64. The first-order valence-electron chi connectivity index (χ1n) is 6.55. The van der Waals surface area contributed by atoms with E-state index in [0.717, 1.165) is 25.7 Å². The van der Waals surface area contributed by atoms with E-state index in [4.69, 9.17) is 0 Å². The SMILES string of the molecule is O=C([C@@H](O)[C@@H](O)C(=O)N1CCCC1)N1CCCC1. The number of carbonyl (C=O) groups is 2. The number of hydrogen-bond acceptors (Lipinski definition) is 4. The second-order valence-corrected chi connectivity index (χ2v) is 4.95. The molecule has 2 fully saturated rings. The zero-order chi connectivity index (χ0) is 13.1. The lowest BCUT2D eigenvalue weighted by Crippen LogP contribution is -2.50. The summed E-state index contributed by atoms with van der Waals surface area (Å²) < 4.78 is 0. The van der Waals surface area contributed by atoms with Crippen molar-refractivity contribution in [1.29, 1.82) is 0 Å². The summed E-state index contributed by atoms with van der Waals surface area (Å²) >= 11 is 0. The fourth-order valence-electron chi connectivity index (χ4n) is 2.52. The molecule has 2 amide bonds. The number of rotatable bonds is 3. The van der Waals surface area contributed by atoms with Gasteiger partial charge in [0.1, 0.15) is 0 Å². The van der Waals surface area contributed by atoms with Crippen molar-refractivity contribution in [2.45, 2.75) is 37.9 Å². The number of aliphatic hydroxyl groups excluding tert-OH is 2. The smallest absolute Gasteiger partial charge is 0.254 e. The predicted octanol–water partition coefficient (Wildman–Crippen LogP) is -1.05. The maximum atomic E-state index is 11.9. The second kappa shape index (κ2) is 5.67. The summed E-state index contributed by atoms with van der Waals surface area (Å²) in [6.07, 6.45) is 0.388. The first kappa shape index (κ1) is 13.3. The molecule has 18 heavy (non-hydrogen) atoms. The molecular weight excluding hydrogens is 236 g/mol. The Hall–Kier alpha value is -1.14. The lowest BCUT2D eigenvalue weighted by atomic mass is 10.1. The van der Waals surface area contributed by atoms with E-state index in [1.54, 1.807) is 0 Å². The summed E-state index contributed by atoms with van der Waals surface area (Å²) in [6, 6.07) is 0. The number of likely N-dealkylation sites (tertiary alicyclic amines) is 2. The van der Waals surface area contributed by atoms with Crippen molar-refractivity contribution in [2.75, 3.05) is 26.2 Å². The van der Waals surface area contributed by atoms with Crippen molar-refractivity contribution in [3.8, 4) is 0 Å². The average Bonchev–Trinajstić information content (AvgIpc) is 3.06. The summed E-state index contributed by atoms with van der Waals surface area (Å²) in [6.45, 7) is 2.39. The molecule has 0 aromatic rings. The third kappa shape index (κ3) is 2.64. The van der Waals surface area contributed by atoms with Gasteiger partial charge in [-0.25, -0.2) is 0 Å². The molecule has 0 bridgehead atoms. The van der Waals surface area contributed by atoms with E-state index in [-0.39, 0.29) is 0 Å². The van der Waals surface area contributed by atoms with Crippen molar-refractivity contribution in [1.82, 2.24) is 9.80 Å². The lowest BCUT2D eigenvalue weighted by molar-refractivity contribution is -0.156. The molecule has 2 rings (SSSR count). The molecule has 6 heteroatoms. The van der Waals surface area contributed by atoms with Gasteiger partial charge in [-0.1, -0.05) is 0 Å². The molecule has 2 aliphatic heterocycles. The van der Waals surface area contributed by atoms with Crippen LogP contribution in [0, 0.1) is 0 Å². The Morgan fingerprint density at radius 3 is 1.28 bits per heavy atom. The quantitative estimate of drug-likeness (QED) is 0.675. The number of amides is 2. The van der Waals surface area contributed by atoms with Gasteiger partial charge in [-0.2, -0.15) is 0 Å². The summed E-state index contributed by atoms with van der Waals surface area (Å²) in [4.78, 5) is 26.7. The molecule has 0 saturated carbocycles. The molecule has 102 valence electrons. The summed E-state index contributed by atoms with van der Waals surface area (Å²) in [7, 11) is 0. The van der Waals surface area contributed by atoms with Crippen LogP contribution in [0.1, 0.15) is 25.7 Å². The summed E-state index contributed by atoms with van der Waals surface area (Å²) in [5.74, 6) is -1.07. The minimum absolute atomic E-state index is 0.535. The van der Waals surface area contributed by atoms with Gasteiger partial charge in [-0.15, -0.1) is 0 Å². The van der Waals surface area contributed by atoms with Gasteiger partial charge in [-0.05, 0) is 25.7 Å². The van der Waals surface area contributed by atoms with E-state index in [9.17, 15) is 19.8 Å². The Morgan fingerprint density at radius 2 is 1.00 bits per heavy atom. The maximum Gasteiger partial charge on any atom is 0.254 e. The molecular formula is C12H20N2O4. The van der Waals surface area contributed by atoms with Gasteiger partial charge in [0.2, 0.25) is 0 Å². The standard InChI is InChI=1S/C12H20N2O4/c15-9(11(17)13-5-1-2-6-13)10(16)12(18)14-7-3-4-8-14/h9-10,15-16H,1-8H2/t9-,10+. The highest BCUT2D eigenvalue weighted by Crippen LogP contribution is 2.14. The van der Waals surface area contributed by atoms with Crippen molar-refractivity contribution < 1.29 is 19.8 Å². The number of aliphatic hydroxyl groups is 2. The van der Waals surface area contributed by atoms with Gasteiger partial charge in [0, 0.05) is 26.2 Å². The van der Waals surface area contributed by atoms with Crippen LogP contribution in [-0.4, -0.2) is 70.2 Å². The summed E-state index contributed by atoms with van der Waals surface area (Å²) in [5, 5.41) is 19.6. The Morgan fingerprint density at radius 1 is 0.722 bits per heavy atom. The highest BCUT2D eigenvalue weighted by molar-refractivity contribution is 5.90. The first-order chi connectivity index (χ1) is 8.61. The van der Waals surface area contributed by atoms with Gasteiger partial charge in [-0.3, -0.25) is 9.59 Å². The first-order valence-corrected chi connectivity index (χ1v) is 6.55. The molecule has 0 aromatic heterocycles. The van der Waals surface area contributed by atoms with Crippen LogP contribution in [-0.2, 0) is 9.59 Å². The molecule has 2 heterocycles. The van der Waals surface area contributed by atoms with Crippen molar-refractivity contribution >= 4 is 11.8 Å². The molecule has 0 spiro atoms. The van der Waals surface area contributed by atoms with Crippen LogP contribution in [0.25, 0.3) is 0 Å². The van der Waals surface area contributed by atoms with Gasteiger partial charge in [0.25, 0.3) is 11.8 Å². The van der Waals surface area contributed by atoms with Crippen LogP contribution in [0.15, 0.2) is 0 Å². The molecule has 0 aliphatic carbocycles. The van der Waals surface area contributed by atoms with Crippen molar-refractivity contribution in [3.05, 3.63) is 0 Å². The monoisotopic (exact) mass is 256 g/mol. The third-order valence-corrected chi connectivity index (χ3v) is 3.64. The molecule has 2 aliphatic rings. The Labute approximate surface area is 106 Å². The Bertz CT molecular complexity index is 290. The minimum atomic E-state index is -1.63. The highest BCUT2D eigenvalue weighted by atomic mass is 16.3. The van der Waals surface area contributed by atoms with Gasteiger partial charge >= 0.3 is 0 Å². The van der Waals surface area contributed by atoms with Crippen LogP contribution in [0.3, 0.4) is 0 Å². The van der Waals surface area contributed by atoms with Crippen molar-refractivity contribution in [3.63, 3.8) is 0 Å². The van der Waals surface area contributed by atoms with Gasteiger partial charge < -0.3 is 20.0 Å². The topological polar surface area (TPSA) is 81.1 Å². The van der Waals surface area contributed by atoms with E-state index in [1.165, 1.54) is 9.80 Å². The number of nitrogens with zero attached hydrogens (tertiary/aromatic N) is 2. The molecule has 2 N–H and O–H groups in total. The molecule has 6 nitrogen and oxygen atoms in total. The minimum Gasteiger partial charge on any atom is -0.380 e. The zero-order valence-electron chi connectivity index (χ0n) is 10.4. The maximum absolute atomic E-state index is 11.9. The van der Waals surface area contributed by atoms with Crippen LogP contribution in [0.5, 0.6) is 0 Å². The van der Waals surface area contributed by atoms with Crippen LogP contribution >= 0.6 is 0 Å². The average molecular weight is 256 g/mol. The highest BCUT2D eigenvalue weighted by Gasteiger charge is 2.36. The fourth-order valence-corrected chi connectivity index (χ4v) is 2.52. The Balaban J connectivity index is 1.92. The second-order valence-electron chi connectivity index (χ2n) is 4.95. The lowest BCUT2D eigenvalue weighted by Gasteiger charge is -2.25. The van der Waals surface area contributed by atoms with Crippen LogP contribution in [0.2, 0.25) is 0 Å². The normalized spacial score (nSPS) is 23.2. The molecule has 0 radical (unpaired) electrons. The van der Waals surface area contributed by atoms with E-state index in [0.29, 0.717) is 26.2 Å². The van der Waals surface area contributed by atoms with E-state index in [1.807, 2.05) is 0 Å². The number of hydrogen-bond donors (Lipinski definition) is 2.